The van der Waals surface area contributed by atoms with Gasteiger partial charge in [-0.1, -0.05) is 12.1 Å². The second-order valence-electron chi connectivity index (χ2n) is 8.65. The summed E-state index contributed by atoms with van der Waals surface area (Å²) in [5.41, 5.74) is 6.87. The van der Waals surface area contributed by atoms with E-state index in [1.54, 1.807) is 10.5 Å². The van der Waals surface area contributed by atoms with Crippen LogP contribution in [0.3, 0.4) is 0 Å². The minimum atomic E-state index is -0.519. The van der Waals surface area contributed by atoms with Crippen LogP contribution >= 0.6 is 22.7 Å². The van der Waals surface area contributed by atoms with Crippen LogP contribution in [-0.2, 0) is 6.42 Å². The highest BCUT2D eigenvalue weighted by atomic mass is 32.1. The molecule has 6 rings (SSSR count). The van der Waals surface area contributed by atoms with E-state index in [2.05, 4.69) is 9.97 Å². The van der Waals surface area contributed by atoms with E-state index in [9.17, 15) is 14.0 Å². The zero-order valence-electron chi connectivity index (χ0n) is 17.7. The van der Waals surface area contributed by atoms with Gasteiger partial charge in [-0.05, 0) is 43.4 Å². The van der Waals surface area contributed by atoms with Crippen molar-refractivity contribution < 1.29 is 14.0 Å². The standard InChI is InChI=1S/C23H20FN5O2S2/c1-11-27-19(20(32-11)12-3-2-4-14(24)5-12)22(31)29-15(6-13-7-17(13)29)8-16-10-28-18(21(25)30)9-26-23(28)33-16/h2-5,9-10,13,15,17H,6-8H2,1H3,(H2,25,30)/t13-,15+,17+/m1/s1. The third-order valence-corrected chi connectivity index (χ3v) is 8.46. The number of rotatable bonds is 5. The molecular weight excluding hydrogens is 461 g/mol. The molecule has 33 heavy (non-hydrogen) atoms. The van der Waals surface area contributed by atoms with Gasteiger partial charge in [0, 0.05) is 29.6 Å². The number of likely N-dealkylation sites (tertiary alicyclic amines) is 1. The first-order valence-corrected chi connectivity index (χ1v) is 12.3. The van der Waals surface area contributed by atoms with Crippen molar-refractivity contribution in [1.29, 1.82) is 0 Å². The largest absolute Gasteiger partial charge is 0.364 e. The van der Waals surface area contributed by atoms with Crippen LogP contribution in [0.15, 0.2) is 36.7 Å². The maximum absolute atomic E-state index is 13.9. The van der Waals surface area contributed by atoms with Crippen molar-refractivity contribution in [1.82, 2.24) is 19.3 Å². The van der Waals surface area contributed by atoms with Crippen LogP contribution in [-0.4, -0.2) is 43.2 Å². The normalized spacial score (nSPS) is 21.5. The smallest absolute Gasteiger partial charge is 0.274 e. The van der Waals surface area contributed by atoms with Crippen LogP contribution in [0.5, 0.6) is 0 Å². The number of imidazole rings is 1. The molecule has 4 aromatic rings. The lowest BCUT2D eigenvalue weighted by Gasteiger charge is -2.27. The van der Waals surface area contributed by atoms with Gasteiger partial charge in [0.25, 0.3) is 11.8 Å². The van der Waals surface area contributed by atoms with Crippen molar-refractivity contribution in [2.24, 2.45) is 11.7 Å². The summed E-state index contributed by atoms with van der Waals surface area (Å²) in [6.45, 7) is 1.86. The van der Waals surface area contributed by atoms with E-state index >= 15 is 0 Å². The van der Waals surface area contributed by atoms with Gasteiger partial charge in [0.2, 0.25) is 0 Å². The number of nitrogens with zero attached hydrogens (tertiary/aromatic N) is 4. The van der Waals surface area contributed by atoms with Gasteiger partial charge in [0.05, 0.1) is 16.1 Å². The summed E-state index contributed by atoms with van der Waals surface area (Å²) < 4.78 is 15.6. The first-order valence-electron chi connectivity index (χ1n) is 10.7. The van der Waals surface area contributed by atoms with Crippen molar-refractivity contribution in [3.05, 3.63) is 63.7 Å². The molecule has 0 unspecified atom stereocenters. The number of halogens is 1. The number of carbonyl (C=O) groups is 2. The van der Waals surface area contributed by atoms with Gasteiger partial charge in [0.1, 0.15) is 17.2 Å². The third-order valence-electron chi connectivity index (χ3n) is 6.42. The predicted molar refractivity (Wildman–Crippen MR) is 124 cm³/mol. The molecule has 3 atom stereocenters. The summed E-state index contributed by atoms with van der Waals surface area (Å²) in [5, 5.41) is 0.777. The zero-order chi connectivity index (χ0) is 22.9. The first kappa shape index (κ1) is 20.5. The zero-order valence-corrected chi connectivity index (χ0v) is 19.3. The van der Waals surface area contributed by atoms with Crippen molar-refractivity contribution >= 4 is 39.4 Å². The van der Waals surface area contributed by atoms with Crippen LogP contribution in [0, 0.1) is 18.7 Å². The van der Waals surface area contributed by atoms with Crippen LogP contribution in [0.4, 0.5) is 4.39 Å². The molecule has 2 fully saturated rings. The molecule has 1 aromatic carbocycles. The summed E-state index contributed by atoms with van der Waals surface area (Å²) in [7, 11) is 0. The molecule has 1 aliphatic heterocycles. The summed E-state index contributed by atoms with van der Waals surface area (Å²) in [4.78, 5) is 38.7. The lowest BCUT2D eigenvalue weighted by Crippen LogP contribution is -2.40. The topological polar surface area (TPSA) is 93.6 Å². The number of nitrogens with two attached hydrogens (primary N) is 1. The summed E-state index contributed by atoms with van der Waals surface area (Å²) >= 11 is 2.92. The molecule has 4 heterocycles. The molecule has 7 nitrogen and oxygen atoms in total. The lowest BCUT2D eigenvalue weighted by molar-refractivity contribution is 0.0696. The van der Waals surface area contributed by atoms with Crippen molar-refractivity contribution in [2.75, 3.05) is 0 Å². The Bertz CT molecular complexity index is 1420. The molecule has 1 saturated heterocycles. The predicted octanol–water partition coefficient (Wildman–Crippen LogP) is 3.91. The fraction of sp³-hybridized carbons (Fsp3) is 0.304. The van der Waals surface area contributed by atoms with E-state index in [0.717, 1.165) is 22.7 Å². The highest BCUT2D eigenvalue weighted by molar-refractivity contribution is 7.17. The second kappa shape index (κ2) is 7.46. The van der Waals surface area contributed by atoms with Gasteiger partial charge in [-0.2, -0.15) is 0 Å². The Labute approximate surface area is 196 Å². The molecule has 2 amide bonds. The Balaban J connectivity index is 1.31. The number of primary amides is 1. The SMILES string of the molecule is Cc1nc(C(=O)N2[C@H](Cc3cn4c(C(N)=O)cnc4s3)C[C@@H]3C[C@@H]32)c(-c2cccc(F)c2)s1. The van der Waals surface area contributed by atoms with E-state index < -0.39 is 5.91 Å². The molecule has 0 spiro atoms. The highest BCUT2D eigenvalue weighted by Crippen LogP contribution is 2.50. The van der Waals surface area contributed by atoms with Crippen LogP contribution in [0.1, 0.15) is 43.7 Å². The summed E-state index contributed by atoms with van der Waals surface area (Å²) in [6.07, 6.45) is 6.02. The maximum atomic E-state index is 13.9. The number of hydrogen-bond donors (Lipinski definition) is 1. The number of aromatic nitrogens is 3. The van der Waals surface area contributed by atoms with Gasteiger partial charge in [-0.15, -0.1) is 22.7 Å². The summed E-state index contributed by atoms with van der Waals surface area (Å²) in [6, 6.07) is 6.58. The van der Waals surface area contributed by atoms with Crippen LogP contribution in [0.2, 0.25) is 0 Å². The Hall–Kier alpha value is -3.11. The Morgan fingerprint density at radius 2 is 2.12 bits per heavy atom. The molecule has 0 bridgehead atoms. The number of aryl methyl sites for hydroxylation is 1. The van der Waals surface area contributed by atoms with Gasteiger partial charge in [-0.25, -0.2) is 14.4 Å². The highest BCUT2D eigenvalue weighted by Gasteiger charge is 2.54. The average Bonchev–Trinajstić information content (AvgIpc) is 3.12. The minimum Gasteiger partial charge on any atom is -0.364 e. The van der Waals surface area contributed by atoms with Gasteiger partial charge in [-0.3, -0.25) is 14.0 Å². The number of amides is 2. The summed E-state index contributed by atoms with van der Waals surface area (Å²) in [5.74, 6) is -0.430. The quantitative estimate of drug-likeness (QED) is 0.468. The molecule has 10 heteroatoms. The third kappa shape index (κ3) is 3.44. The Morgan fingerprint density at radius 1 is 1.27 bits per heavy atom. The molecule has 1 aliphatic carbocycles. The van der Waals surface area contributed by atoms with E-state index in [0.29, 0.717) is 39.1 Å². The number of fused-ring (bicyclic) bond motifs is 2. The van der Waals surface area contributed by atoms with E-state index in [-0.39, 0.29) is 23.8 Å². The number of hydrogen-bond acceptors (Lipinski definition) is 6. The van der Waals surface area contributed by atoms with Gasteiger partial charge < -0.3 is 10.6 Å². The van der Waals surface area contributed by atoms with Crippen LogP contribution < -0.4 is 5.73 Å². The number of carbonyl (C=O) groups excluding carboxylic acids is 2. The monoisotopic (exact) mass is 481 g/mol. The molecule has 168 valence electrons. The number of benzene rings is 1. The van der Waals surface area contributed by atoms with E-state index in [4.69, 9.17) is 5.73 Å². The van der Waals surface area contributed by atoms with Crippen molar-refractivity contribution in [3.63, 3.8) is 0 Å². The second-order valence-corrected chi connectivity index (χ2v) is 10.9. The number of piperidine rings is 1. The molecule has 1 saturated carbocycles. The molecule has 2 N–H and O–H groups in total. The van der Waals surface area contributed by atoms with Crippen LogP contribution in [0.25, 0.3) is 15.4 Å². The fourth-order valence-corrected chi connectivity index (χ4v) is 6.85. The van der Waals surface area contributed by atoms with Crippen molar-refractivity contribution in [3.8, 4) is 10.4 Å². The average molecular weight is 482 g/mol. The van der Waals surface area contributed by atoms with Crippen molar-refractivity contribution in [2.45, 2.75) is 38.3 Å². The Morgan fingerprint density at radius 3 is 2.91 bits per heavy atom. The minimum absolute atomic E-state index is 0.0454. The van der Waals surface area contributed by atoms with E-state index in [1.165, 1.54) is 41.0 Å². The molecule has 0 radical (unpaired) electrons. The molecule has 2 aliphatic rings. The van der Waals surface area contributed by atoms with Gasteiger partial charge >= 0.3 is 0 Å². The van der Waals surface area contributed by atoms with Gasteiger partial charge in [0.15, 0.2) is 4.96 Å². The Kier molecular flexibility index (Phi) is 4.63. The first-order chi connectivity index (χ1) is 15.9. The fourth-order valence-electron chi connectivity index (χ4n) is 4.92. The molecular formula is C23H20FN5O2S2. The van der Waals surface area contributed by atoms with E-state index in [1.807, 2.05) is 24.1 Å². The number of thiazole rings is 2. The maximum Gasteiger partial charge on any atom is 0.274 e. The molecule has 3 aromatic heterocycles. The lowest BCUT2D eigenvalue weighted by atomic mass is 10.1.